The third kappa shape index (κ3) is 4.55. The average Bonchev–Trinajstić information content (AvgIpc) is 2.98. The third-order valence-electron chi connectivity index (χ3n) is 3.85. The second-order valence-electron chi connectivity index (χ2n) is 6.24. The molecule has 116 valence electrons. The van der Waals surface area contributed by atoms with Crippen molar-refractivity contribution in [2.24, 2.45) is 5.92 Å². The van der Waals surface area contributed by atoms with E-state index in [1.54, 1.807) is 12.1 Å². The Bertz CT molecular complexity index is 441. The van der Waals surface area contributed by atoms with Crippen molar-refractivity contribution in [2.45, 2.75) is 38.8 Å². The van der Waals surface area contributed by atoms with Gasteiger partial charge in [0.2, 0.25) is 0 Å². The van der Waals surface area contributed by atoms with Gasteiger partial charge in [0.1, 0.15) is 0 Å². The largest absolute Gasteiger partial charge is 0.378 e. The van der Waals surface area contributed by atoms with Crippen molar-refractivity contribution in [2.75, 3.05) is 19.6 Å². The second-order valence-corrected chi connectivity index (χ2v) is 6.24. The fourth-order valence-corrected chi connectivity index (χ4v) is 2.82. The maximum atomic E-state index is 12.6. The number of aliphatic hydroxyl groups is 1. The van der Waals surface area contributed by atoms with Crippen LogP contribution in [0, 0.1) is 5.92 Å². The zero-order valence-electron chi connectivity index (χ0n) is 13.0. The van der Waals surface area contributed by atoms with Gasteiger partial charge in [-0.15, -0.1) is 0 Å². The predicted molar refractivity (Wildman–Crippen MR) is 83.8 cm³/mol. The topological polar surface area (TPSA) is 52.6 Å². The van der Waals surface area contributed by atoms with Crippen LogP contribution in [0.1, 0.15) is 38.4 Å². The zero-order valence-corrected chi connectivity index (χ0v) is 13.0. The molecule has 0 bridgehead atoms. The van der Waals surface area contributed by atoms with Gasteiger partial charge in [-0.1, -0.05) is 44.2 Å². The first-order valence-corrected chi connectivity index (χ1v) is 7.83. The smallest absolute Gasteiger partial charge is 0.256 e. The molecule has 4 heteroatoms. The molecule has 0 spiro atoms. The minimum Gasteiger partial charge on any atom is -0.378 e. The summed E-state index contributed by atoms with van der Waals surface area (Å²) in [5.41, 5.74) is 0.663. The van der Waals surface area contributed by atoms with E-state index < -0.39 is 6.10 Å². The summed E-state index contributed by atoms with van der Waals surface area (Å²) in [6, 6.07) is 9.52. The Labute approximate surface area is 127 Å². The van der Waals surface area contributed by atoms with Crippen LogP contribution in [0.3, 0.4) is 0 Å². The molecule has 1 saturated heterocycles. The van der Waals surface area contributed by atoms with Gasteiger partial charge in [-0.2, -0.15) is 0 Å². The molecule has 2 N–H and O–H groups in total. The van der Waals surface area contributed by atoms with Crippen LogP contribution >= 0.6 is 0 Å². The molecule has 1 aromatic carbocycles. The van der Waals surface area contributed by atoms with Gasteiger partial charge >= 0.3 is 0 Å². The van der Waals surface area contributed by atoms with Gasteiger partial charge in [0.25, 0.3) is 5.91 Å². The van der Waals surface area contributed by atoms with Crippen LogP contribution in [0.25, 0.3) is 0 Å². The molecule has 0 radical (unpaired) electrons. The lowest BCUT2D eigenvalue weighted by Gasteiger charge is -2.29. The fourth-order valence-electron chi connectivity index (χ4n) is 2.82. The van der Waals surface area contributed by atoms with Crippen LogP contribution < -0.4 is 5.32 Å². The van der Waals surface area contributed by atoms with Crippen molar-refractivity contribution in [3.05, 3.63) is 35.9 Å². The normalized spacial score (nSPS) is 19.7. The van der Waals surface area contributed by atoms with Crippen LogP contribution in [0.4, 0.5) is 0 Å². The van der Waals surface area contributed by atoms with Gasteiger partial charge in [0.15, 0.2) is 6.10 Å². The lowest BCUT2D eigenvalue weighted by atomic mass is 10.1. The summed E-state index contributed by atoms with van der Waals surface area (Å²) in [5, 5.41) is 13.8. The fraction of sp³-hybridized carbons (Fsp3) is 0.588. The number of nitrogens with zero attached hydrogens (tertiary/aromatic N) is 1. The number of hydrogen-bond acceptors (Lipinski definition) is 3. The second kappa shape index (κ2) is 7.57. The molecule has 1 aliphatic heterocycles. The summed E-state index contributed by atoms with van der Waals surface area (Å²) >= 11 is 0. The molecule has 4 nitrogen and oxygen atoms in total. The molecule has 1 aromatic rings. The zero-order chi connectivity index (χ0) is 15.2. The minimum absolute atomic E-state index is 0.191. The van der Waals surface area contributed by atoms with Crippen LogP contribution in [-0.2, 0) is 4.79 Å². The highest BCUT2D eigenvalue weighted by Gasteiger charge is 2.27. The van der Waals surface area contributed by atoms with Crippen molar-refractivity contribution >= 4 is 5.91 Å². The van der Waals surface area contributed by atoms with Crippen molar-refractivity contribution < 1.29 is 9.90 Å². The van der Waals surface area contributed by atoms with E-state index in [1.807, 2.05) is 23.1 Å². The van der Waals surface area contributed by atoms with Crippen LogP contribution in [0.5, 0.6) is 0 Å². The summed E-state index contributed by atoms with van der Waals surface area (Å²) in [6.07, 6.45) is 1.20. The first kappa shape index (κ1) is 16.0. The summed E-state index contributed by atoms with van der Waals surface area (Å²) < 4.78 is 0. The summed E-state index contributed by atoms with van der Waals surface area (Å²) in [7, 11) is 0. The highest BCUT2D eigenvalue weighted by molar-refractivity contribution is 5.82. The number of carbonyl (C=O) groups is 1. The lowest BCUT2D eigenvalue weighted by molar-refractivity contribution is -0.141. The number of aliphatic hydroxyl groups excluding tert-OH is 1. The van der Waals surface area contributed by atoms with E-state index in [-0.39, 0.29) is 5.91 Å². The summed E-state index contributed by atoms with van der Waals surface area (Å²) in [4.78, 5) is 14.4. The quantitative estimate of drug-likeness (QED) is 0.842. The van der Waals surface area contributed by atoms with Crippen LogP contribution in [0.2, 0.25) is 0 Å². The molecule has 0 saturated carbocycles. The average molecular weight is 290 g/mol. The van der Waals surface area contributed by atoms with E-state index >= 15 is 0 Å². The molecule has 2 unspecified atom stereocenters. The van der Waals surface area contributed by atoms with Gasteiger partial charge in [-0.05, 0) is 30.9 Å². The monoisotopic (exact) mass is 290 g/mol. The molecule has 21 heavy (non-hydrogen) atoms. The lowest BCUT2D eigenvalue weighted by Crippen LogP contribution is -2.44. The van der Waals surface area contributed by atoms with Gasteiger partial charge in [-0.25, -0.2) is 0 Å². The van der Waals surface area contributed by atoms with Crippen molar-refractivity contribution in [3.63, 3.8) is 0 Å². The van der Waals surface area contributed by atoms with E-state index in [1.165, 1.54) is 0 Å². The summed E-state index contributed by atoms with van der Waals surface area (Å²) in [5.74, 6) is 0.196. The Morgan fingerprint density at radius 3 is 2.67 bits per heavy atom. The number of nitrogens with one attached hydrogen (secondary N) is 1. The molecule has 1 aliphatic rings. The molecule has 2 rings (SSSR count). The molecular formula is C17H26N2O2. The minimum atomic E-state index is -1.06. The van der Waals surface area contributed by atoms with E-state index in [0.717, 1.165) is 19.4 Å². The SMILES string of the molecule is CC(C)CN(CC1CCCN1)C(=O)C(O)c1ccccc1. The van der Waals surface area contributed by atoms with Gasteiger partial charge in [0, 0.05) is 19.1 Å². The number of benzene rings is 1. The Morgan fingerprint density at radius 2 is 2.10 bits per heavy atom. The Morgan fingerprint density at radius 1 is 1.38 bits per heavy atom. The maximum Gasteiger partial charge on any atom is 0.256 e. The van der Waals surface area contributed by atoms with E-state index in [4.69, 9.17) is 0 Å². The van der Waals surface area contributed by atoms with Crippen LogP contribution in [0.15, 0.2) is 30.3 Å². The third-order valence-corrected chi connectivity index (χ3v) is 3.85. The molecule has 1 heterocycles. The van der Waals surface area contributed by atoms with E-state index in [2.05, 4.69) is 19.2 Å². The molecule has 0 aromatic heterocycles. The summed E-state index contributed by atoms with van der Waals surface area (Å²) in [6.45, 7) is 6.58. The number of hydrogen-bond donors (Lipinski definition) is 2. The highest BCUT2D eigenvalue weighted by atomic mass is 16.3. The van der Waals surface area contributed by atoms with Crippen molar-refractivity contribution in [1.82, 2.24) is 10.2 Å². The number of rotatable bonds is 6. The van der Waals surface area contributed by atoms with E-state index in [0.29, 0.717) is 30.6 Å². The molecular weight excluding hydrogens is 264 g/mol. The Balaban J connectivity index is 2.05. The van der Waals surface area contributed by atoms with E-state index in [9.17, 15) is 9.90 Å². The van der Waals surface area contributed by atoms with Gasteiger partial charge < -0.3 is 15.3 Å². The van der Waals surface area contributed by atoms with Crippen molar-refractivity contribution in [1.29, 1.82) is 0 Å². The van der Waals surface area contributed by atoms with Crippen molar-refractivity contribution in [3.8, 4) is 0 Å². The number of amides is 1. The molecule has 1 amide bonds. The molecule has 2 atom stereocenters. The maximum absolute atomic E-state index is 12.6. The predicted octanol–water partition coefficient (Wildman–Crippen LogP) is 1.96. The molecule has 0 aliphatic carbocycles. The Kier molecular flexibility index (Phi) is 5.76. The van der Waals surface area contributed by atoms with Gasteiger partial charge in [-0.3, -0.25) is 4.79 Å². The molecule has 1 fully saturated rings. The standard InChI is InChI=1S/C17H26N2O2/c1-13(2)11-19(12-15-9-6-10-18-15)17(21)16(20)14-7-4-3-5-8-14/h3-5,7-8,13,15-16,18,20H,6,9-12H2,1-2H3. The van der Waals surface area contributed by atoms with Crippen LogP contribution in [-0.4, -0.2) is 41.6 Å². The van der Waals surface area contributed by atoms with Gasteiger partial charge in [0.05, 0.1) is 0 Å². The first-order chi connectivity index (χ1) is 10.1. The highest BCUT2D eigenvalue weighted by Crippen LogP contribution is 2.18. The number of carbonyl (C=O) groups excluding carboxylic acids is 1. The first-order valence-electron chi connectivity index (χ1n) is 7.83. The Hall–Kier alpha value is -1.39.